The summed E-state index contributed by atoms with van der Waals surface area (Å²) in [5, 5.41) is 3.70. The van der Waals surface area contributed by atoms with Gasteiger partial charge in [0, 0.05) is 11.6 Å². The molecule has 18 heavy (non-hydrogen) atoms. The van der Waals surface area contributed by atoms with Crippen LogP contribution in [-0.4, -0.2) is 16.4 Å². The van der Waals surface area contributed by atoms with E-state index in [0.29, 0.717) is 4.91 Å². The molecule has 1 aromatic carbocycles. The third kappa shape index (κ3) is 2.10. The van der Waals surface area contributed by atoms with Crippen LogP contribution < -0.4 is 11.1 Å². The van der Waals surface area contributed by atoms with Gasteiger partial charge in [0.25, 0.3) is 5.91 Å². The van der Waals surface area contributed by atoms with Gasteiger partial charge in [-0.15, -0.1) is 0 Å². The van der Waals surface area contributed by atoms with Gasteiger partial charge in [0.1, 0.15) is 5.50 Å². The summed E-state index contributed by atoms with van der Waals surface area (Å²) in [4.78, 5) is 16.5. The molecule has 90 valence electrons. The Morgan fingerprint density at radius 2 is 2.28 bits per heavy atom. The summed E-state index contributed by atoms with van der Waals surface area (Å²) in [6, 6.07) is 9.79. The molecule has 1 amide bonds. The van der Waals surface area contributed by atoms with Gasteiger partial charge >= 0.3 is 0 Å². The molecule has 0 saturated carbocycles. The number of thioether (sulfide) groups is 1. The second-order valence-electron chi connectivity index (χ2n) is 3.98. The Bertz CT molecular complexity index is 653. The zero-order valence-electron chi connectivity index (χ0n) is 9.46. The van der Waals surface area contributed by atoms with Crippen molar-refractivity contribution in [2.24, 2.45) is 5.73 Å². The number of nitrogens with zero attached hydrogens (tertiary/aromatic N) is 1. The first kappa shape index (κ1) is 11.3. The highest BCUT2D eigenvalue weighted by molar-refractivity contribution is 8.05. The first-order valence-electron chi connectivity index (χ1n) is 5.52. The van der Waals surface area contributed by atoms with Crippen LogP contribution in [0, 0.1) is 0 Å². The van der Waals surface area contributed by atoms with Crippen molar-refractivity contribution in [1.29, 1.82) is 0 Å². The molecule has 5 heteroatoms. The second kappa shape index (κ2) is 4.44. The number of aromatic nitrogens is 1. The first-order valence-corrected chi connectivity index (χ1v) is 6.40. The minimum absolute atomic E-state index is 0.112. The lowest BCUT2D eigenvalue weighted by Gasteiger charge is -1.99. The van der Waals surface area contributed by atoms with Crippen LogP contribution in [0.15, 0.2) is 41.4 Å². The molecule has 0 spiro atoms. The molecular weight excluding hydrogens is 246 g/mol. The molecule has 1 saturated heterocycles. The molecule has 2 heterocycles. The van der Waals surface area contributed by atoms with Crippen LogP contribution in [0.5, 0.6) is 0 Å². The monoisotopic (exact) mass is 257 g/mol. The molecule has 2 aromatic rings. The number of rotatable bonds is 1. The van der Waals surface area contributed by atoms with E-state index >= 15 is 0 Å². The van der Waals surface area contributed by atoms with Crippen LogP contribution in [0.4, 0.5) is 0 Å². The zero-order chi connectivity index (χ0) is 12.5. The molecule has 0 aliphatic carbocycles. The van der Waals surface area contributed by atoms with Crippen molar-refractivity contribution in [3.05, 3.63) is 47.0 Å². The highest BCUT2D eigenvalue weighted by atomic mass is 32.2. The molecular formula is C13H11N3OS. The van der Waals surface area contributed by atoms with Crippen molar-refractivity contribution in [3.63, 3.8) is 0 Å². The molecule has 1 aliphatic rings. The molecule has 3 N–H and O–H groups in total. The average molecular weight is 257 g/mol. The van der Waals surface area contributed by atoms with Gasteiger partial charge < -0.3 is 11.1 Å². The summed E-state index contributed by atoms with van der Waals surface area (Å²) in [5.74, 6) is -0.112. The quantitative estimate of drug-likeness (QED) is 0.763. The highest BCUT2D eigenvalue weighted by Gasteiger charge is 2.23. The number of benzene rings is 1. The van der Waals surface area contributed by atoms with Crippen LogP contribution in [0.2, 0.25) is 0 Å². The van der Waals surface area contributed by atoms with Gasteiger partial charge in [-0.1, -0.05) is 23.9 Å². The minimum atomic E-state index is -0.342. The average Bonchev–Trinajstić information content (AvgIpc) is 2.68. The van der Waals surface area contributed by atoms with Crippen molar-refractivity contribution >= 4 is 34.6 Å². The van der Waals surface area contributed by atoms with E-state index in [2.05, 4.69) is 10.3 Å². The van der Waals surface area contributed by atoms with Crippen LogP contribution in [0.25, 0.3) is 17.0 Å². The van der Waals surface area contributed by atoms with Crippen molar-refractivity contribution in [3.8, 4) is 0 Å². The Labute approximate surface area is 108 Å². The normalized spacial score (nSPS) is 21.5. The lowest BCUT2D eigenvalue weighted by Crippen LogP contribution is -2.31. The Morgan fingerprint density at radius 1 is 1.39 bits per heavy atom. The summed E-state index contributed by atoms with van der Waals surface area (Å²) >= 11 is 1.34. The van der Waals surface area contributed by atoms with Crippen molar-refractivity contribution in [1.82, 2.24) is 10.3 Å². The number of carbonyl (C=O) groups is 1. The van der Waals surface area contributed by atoms with Gasteiger partial charge in [0.05, 0.1) is 10.4 Å². The second-order valence-corrected chi connectivity index (χ2v) is 5.16. The van der Waals surface area contributed by atoms with E-state index in [1.165, 1.54) is 11.8 Å². The summed E-state index contributed by atoms with van der Waals surface area (Å²) in [6.07, 6.45) is 3.61. The summed E-state index contributed by atoms with van der Waals surface area (Å²) in [6.45, 7) is 0. The van der Waals surface area contributed by atoms with Gasteiger partial charge in [-0.3, -0.25) is 9.78 Å². The number of fused-ring (bicyclic) bond motifs is 1. The van der Waals surface area contributed by atoms with E-state index in [-0.39, 0.29) is 11.4 Å². The fourth-order valence-electron chi connectivity index (χ4n) is 1.85. The van der Waals surface area contributed by atoms with Crippen molar-refractivity contribution in [2.45, 2.75) is 5.50 Å². The number of amides is 1. The van der Waals surface area contributed by atoms with E-state index in [1.54, 1.807) is 6.20 Å². The number of nitrogens with two attached hydrogens (primary N) is 1. The molecule has 3 rings (SSSR count). The highest BCUT2D eigenvalue weighted by Crippen LogP contribution is 2.27. The Balaban J connectivity index is 2.00. The Hall–Kier alpha value is -1.85. The van der Waals surface area contributed by atoms with Crippen LogP contribution >= 0.6 is 11.8 Å². The lowest BCUT2D eigenvalue weighted by molar-refractivity contribution is -0.116. The van der Waals surface area contributed by atoms with Gasteiger partial charge in [-0.05, 0) is 29.8 Å². The molecule has 1 fully saturated rings. The van der Waals surface area contributed by atoms with Gasteiger partial charge in [-0.25, -0.2) is 0 Å². The standard InChI is InChI=1S/C13H11N3OS/c14-13-16-12(17)11(18-13)7-8-3-4-10-9(6-8)2-1-5-15-10/h1-7,13H,14H2,(H,16,17). The largest absolute Gasteiger partial charge is 0.327 e. The SMILES string of the molecule is NC1NC(=O)C(=Cc2ccc3ncccc3c2)S1. The van der Waals surface area contributed by atoms with Gasteiger partial charge in [-0.2, -0.15) is 0 Å². The fraction of sp³-hybridized carbons (Fsp3) is 0.0769. The number of nitrogens with one attached hydrogen (secondary N) is 1. The van der Waals surface area contributed by atoms with Crippen LogP contribution in [0.3, 0.4) is 0 Å². The lowest BCUT2D eigenvalue weighted by atomic mass is 10.1. The van der Waals surface area contributed by atoms with E-state index in [9.17, 15) is 4.79 Å². The third-order valence-corrected chi connectivity index (χ3v) is 3.60. The van der Waals surface area contributed by atoms with E-state index in [0.717, 1.165) is 16.5 Å². The topological polar surface area (TPSA) is 68.0 Å². The molecule has 4 nitrogen and oxygen atoms in total. The summed E-state index contributed by atoms with van der Waals surface area (Å²) < 4.78 is 0. The third-order valence-electron chi connectivity index (χ3n) is 2.68. The van der Waals surface area contributed by atoms with Gasteiger partial charge in [0.15, 0.2) is 0 Å². The number of carbonyl (C=O) groups excluding carboxylic acids is 1. The zero-order valence-corrected chi connectivity index (χ0v) is 10.3. The smallest absolute Gasteiger partial charge is 0.259 e. The Kier molecular flexibility index (Phi) is 2.77. The molecule has 1 aromatic heterocycles. The van der Waals surface area contributed by atoms with Crippen LogP contribution in [-0.2, 0) is 4.79 Å². The van der Waals surface area contributed by atoms with E-state index in [4.69, 9.17) is 5.73 Å². The predicted molar refractivity (Wildman–Crippen MR) is 73.4 cm³/mol. The predicted octanol–water partition coefficient (Wildman–Crippen LogP) is 1.68. The van der Waals surface area contributed by atoms with Crippen LogP contribution in [0.1, 0.15) is 5.56 Å². The maximum absolute atomic E-state index is 11.6. The Morgan fingerprint density at radius 3 is 3.06 bits per heavy atom. The van der Waals surface area contributed by atoms with E-state index in [1.807, 2.05) is 36.4 Å². The summed E-state index contributed by atoms with van der Waals surface area (Å²) in [5.41, 5.74) is 7.22. The number of pyridine rings is 1. The van der Waals surface area contributed by atoms with Gasteiger partial charge in [0.2, 0.25) is 0 Å². The fourth-order valence-corrected chi connectivity index (χ4v) is 2.66. The molecule has 1 atom stereocenters. The molecule has 1 aliphatic heterocycles. The minimum Gasteiger partial charge on any atom is -0.327 e. The number of hydrogen-bond donors (Lipinski definition) is 2. The van der Waals surface area contributed by atoms with Crippen molar-refractivity contribution < 1.29 is 4.79 Å². The molecule has 0 bridgehead atoms. The maximum Gasteiger partial charge on any atom is 0.259 e. The number of hydrogen-bond acceptors (Lipinski definition) is 4. The van der Waals surface area contributed by atoms with E-state index < -0.39 is 0 Å². The van der Waals surface area contributed by atoms with Crippen molar-refractivity contribution in [2.75, 3.05) is 0 Å². The molecule has 0 radical (unpaired) electrons. The molecule has 1 unspecified atom stereocenters. The summed E-state index contributed by atoms with van der Waals surface area (Å²) in [7, 11) is 0. The first-order chi connectivity index (χ1) is 8.72. The maximum atomic E-state index is 11.6.